The quantitative estimate of drug-likeness (QED) is 0.181. The number of hydrogen-bond donors (Lipinski definition) is 0. The van der Waals surface area contributed by atoms with Crippen molar-refractivity contribution < 1.29 is 0 Å². The molecule has 10 rings (SSSR count). The molecule has 0 nitrogen and oxygen atoms in total. The highest BCUT2D eigenvalue weighted by Gasteiger charge is 2.39. The predicted octanol–water partition coefficient (Wildman–Crippen LogP) is 12.5. The van der Waals surface area contributed by atoms with Gasteiger partial charge in [0.15, 0.2) is 0 Å². The molecule has 9 aromatic rings. The van der Waals surface area contributed by atoms with Crippen LogP contribution in [0.4, 0.5) is 0 Å². The van der Waals surface area contributed by atoms with E-state index in [1.807, 2.05) is 0 Å². The first-order chi connectivity index (χ1) is 22.1. The SMILES string of the molecule is CC1(C)c2cc(-c3cc4ccc5cccc6ccc(c3)c4c56)ccc2-c2c(-c3cccc4ccccc34)cc3ccccc3c21. The van der Waals surface area contributed by atoms with Crippen LogP contribution in [0.2, 0.25) is 0 Å². The zero-order valence-electron chi connectivity index (χ0n) is 25.4. The third-order valence-electron chi connectivity index (χ3n) is 10.5. The van der Waals surface area contributed by atoms with E-state index in [0.29, 0.717) is 0 Å². The largest absolute Gasteiger partial charge is 0.0616 e. The molecule has 45 heavy (non-hydrogen) atoms. The minimum absolute atomic E-state index is 0.156. The standard InChI is InChI=1S/C45H30/c1-45(2)40-26-30(34-23-32-19-17-28-12-7-13-29-18-20-33(24-34)42(32)41(28)29)21-22-38(40)43-39(25-31-10-4-6-15-36(31)44(43)45)37-16-8-11-27-9-3-5-14-35(27)37/h3-26H,1-2H3. The second-order valence-corrected chi connectivity index (χ2v) is 13.3. The fourth-order valence-electron chi connectivity index (χ4n) is 8.46. The summed E-state index contributed by atoms with van der Waals surface area (Å²) in [5, 5.41) is 13.2. The van der Waals surface area contributed by atoms with Crippen molar-refractivity contribution in [1.29, 1.82) is 0 Å². The van der Waals surface area contributed by atoms with Crippen molar-refractivity contribution >= 4 is 53.9 Å². The number of rotatable bonds is 2. The van der Waals surface area contributed by atoms with Crippen molar-refractivity contribution in [2.24, 2.45) is 0 Å². The molecule has 0 amide bonds. The number of hydrogen-bond acceptors (Lipinski definition) is 0. The molecule has 0 saturated heterocycles. The Labute approximate surface area is 262 Å². The van der Waals surface area contributed by atoms with Crippen LogP contribution >= 0.6 is 0 Å². The van der Waals surface area contributed by atoms with Crippen LogP contribution < -0.4 is 0 Å². The zero-order chi connectivity index (χ0) is 29.9. The Bertz CT molecular complexity index is 2600. The van der Waals surface area contributed by atoms with Crippen molar-refractivity contribution in [3.8, 4) is 33.4 Å². The van der Waals surface area contributed by atoms with Crippen molar-refractivity contribution in [1.82, 2.24) is 0 Å². The van der Waals surface area contributed by atoms with E-state index >= 15 is 0 Å². The summed E-state index contributed by atoms with van der Waals surface area (Å²) in [4.78, 5) is 0. The molecule has 1 aliphatic rings. The Kier molecular flexibility index (Phi) is 4.88. The van der Waals surface area contributed by atoms with E-state index in [2.05, 4.69) is 159 Å². The minimum Gasteiger partial charge on any atom is -0.0616 e. The molecule has 0 heterocycles. The zero-order valence-corrected chi connectivity index (χ0v) is 25.4. The maximum absolute atomic E-state index is 2.48. The third-order valence-corrected chi connectivity index (χ3v) is 10.5. The Morgan fingerprint density at radius 2 is 0.978 bits per heavy atom. The summed E-state index contributed by atoms with van der Waals surface area (Å²) in [6.07, 6.45) is 0. The molecule has 0 aromatic heterocycles. The summed E-state index contributed by atoms with van der Waals surface area (Å²) in [7, 11) is 0. The maximum Gasteiger partial charge on any atom is 0.0165 e. The lowest BCUT2D eigenvalue weighted by atomic mass is 9.78. The lowest BCUT2D eigenvalue weighted by molar-refractivity contribution is 0.666. The lowest BCUT2D eigenvalue weighted by Crippen LogP contribution is -2.15. The van der Waals surface area contributed by atoms with Gasteiger partial charge in [0.05, 0.1) is 0 Å². The molecule has 0 saturated carbocycles. The molecule has 0 unspecified atom stereocenters. The van der Waals surface area contributed by atoms with Crippen LogP contribution in [0.3, 0.4) is 0 Å². The Balaban J connectivity index is 1.23. The molecule has 0 bridgehead atoms. The van der Waals surface area contributed by atoms with E-state index in [1.165, 1.54) is 98.4 Å². The molecule has 0 aliphatic heterocycles. The highest BCUT2D eigenvalue weighted by atomic mass is 14.4. The van der Waals surface area contributed by atoms with E-state index in [-0.39, 0.29) is 5.41 Å². The minimum atomic E-state index is -0.156. The van der Waals surface area contributed by atoms with E-state index in [0.717, 1.165) is 0 Å². The van der Waals surface area contributed by atoms with E-state index in [4.69, 9.17) is 0 Å². The first kappa shape index (κ1) is 24.9. The van der Waals surface area contributed by atoms with Gasteiger partial charge in [0.1, 0.15) is 0 Å². The summed E-state index contributed by atoms with van der Waals surface area (Å²) in [6, 6.07) is 54.6. The molecule has 1 aliphatic carbocycles. The molecule has 0 spiro atoms. The molecular weight excluding hydrogens is 540 g/mol. The molecule has 0 atom stereocenters. The van der Waals surface area contributed by atoms with Crippen LogP contribution in [-0.2, 0) is 5.41 Å². The molecule has 0 N–H and O–H groups in total. The van der Waals surface area contributed by atoms with E-state index in [9.17, 15) is 0 Å². The van der Waals surface area contributed by atoms with Gasteiger partial charge < -0.3 is 0 Å². The third kappa shape index (κ3) is 3.37. The van der Waals surface area contributed by atoms with Gasteiger partial charge in [-0.2, -0.15) is 0 Å². The molecule has 9 aromatic carbocycles. The fourth-order valence-corrected chi connectivity index (χ4v) is 8.46. The van der Waals surface area contributed by atoms with Gasteiger partial charge in [-0.1, -0.05) is 135 Å². The fraction of sp³-hybridized carbons (Fsp3) is 0.0667. The van der Waals surface area contributed by atoms with Gasteiger partial charge in [0, 0.05) is 5.41 Å². The smallest absolute Gasteiger partial charge is 0.0165 e. The normalized spacial score (nSPS) is 13.7. The van der Waals surface area contributed by atoms with Crippen LogP contribution in [-0.4, -0.2) is 0 Å². The van der Waals surface area contributed by atoms with Gasteiger partial charge >= 0.3 is 0 Å². The summed E-state index contributed by atoms with van der Waals surface area (Å²) in [5.41, 5.74) is 10.6. The molecule has 210 valence electrons. The van der Waals surface area contributed by atoms with E-state index < -0.39 is 0 Å². The molecule has 0 fully saturated rings. The first-order valence-corrected chi connectivity index (χ1v) is 15.9. The van der Waals surface area contributed by atoms with Gasteiger partial charge in [0.25, 0.3) is 0 Å². The molecule has 0 radical (unpaired) electrons. The average molecular weight is 571 g/mol. The van der Waals surface area contributed by atoms with Gasteiger partial charge in [-0.15, -0.1) is 0 Å². The van der Waals surface area contributed by atoms with E-state index in [1.54, 1.807) is 0 Å². The summed E-state index contributed by atoms with van der Waals surface area (Å²) < 4.78 is 0. The van der Waals surface area contributed by atoms with Gasteiger partial charge in [-0.05, 0) is 123 Å². The van der Waals surface area contributed by atoms with Crippen LogP contribution in [0, 0.1) is 0 Å². The molecular formula is C45H30. The average Bonchev–Trinajstić information content (AvgIpc) is 3.33. The first-order valence-electron chi connectivity index (χ1n) is 15.9. The highest BCUT2D eigenvalue weighted by Crippen LogP contribution is 2.56. The van der Waals surface area contributed by atoms with Crippen molar-refractivity contribution in [2.45, 2.75) is 19.3 Å². The molecule has 0 heteroatoms. The topological polar surface area (TPSA) is 0 Å². The van der Waals surface area contributed by atoms with Crippen molar-refractivity contribution in [3.05, 3.63) is 157 Å². The number of fused-ring (bicyclic) bond motifs is 6. The van der Waals surface area contributed by atoms with Gasteiger partial charge in [-0.3, -0.25) is 0 Å². The Morgan fingerprint density at radius 3 is 1.76 bits per heavy atom. The summed E-state index contributed by atoms with van der Waals surface area (Å²) in [6.45, 7) is 4.84. The monoisotopic (exact) mass is 570 g/mol. The maximum atomic E-state index is 2.48. The van der Waals surface area contributed by atoms with Crippen LogP contribution in [0.25, 0.3) is 87.2 Å². The lowest BCUT2D eigenvalue weighted by Gasteiger charge is -2.24. The summed E-state index contributed by atoms with van der Waals surface area (Å²) >= 11 is 0. The van der Waals surface area contributed by atoms with Crippen molar-refractivity contribution in [2.75, 3.05) is 0 Å². The van der Waals surface area contributed by atoms with Crippen LogP contribution in [0.1, 0.15) is 25.0 Å². The predicted molar refractivity (Wildman–Crippen MR) is 194 cm³/mol. The van der Waals surface area contributed by atoms with Gasteiger partial charge in [-0.25, -0.2) is 0 Å². The second kappa shape index (κ2) is 8.80. The second-order valence-electron chi connectivity index (χ2n) is 13.3. The highest BCUT2D eigenvalue weighted by molar-refractivity contribution is 6.23. The van der Waals surface area contributed by atoms with Crippen LogP contribution in [0.5, 0.6) is 0 Å². The summed E-state index contributed by atoms with van der Waals surface area (Å²) in [5.74, 6) is 0. The Morgan fingerprint density at radius 1 is 0.378 bits per heavy atom. The Hall–Kier alpha value is -5.46. The number of benzene rings is 9. The van der Waals surface area contributed by atoms with Crippen LogP contribution in [0.15, 0.2) is 146 Å². The van der Waals surface area contributed by atoms with Gasteiger partial charge in [0.2, 0.25) is 0 Å². The van der Waals surface area contributed by atoms with Crippen molar-refractivity contribution in [3.63, 3.8) is 0 Å².